The molecule has 2 fully saturated rings. The van der Waals surface area contributed by atoms with Crippen molar-refractivity contribution in [2.45, 2.75) is 98.4 Å². The number of hydrogen-bond acceptors (Lipinski definition) is 4. The highest BCUT2D eigenvalue weighted by atomic mass is 16.8. The van der Waals surface area contributed by atoms with Crippen molar-refractivity contribution >= 4 is 5.91 Å². The van der Waals surface area contributed by atoms with Gasteiger partial charge in [0.2, 0.25) is 5.91 Å². The number of hydroxylamine groups is 2. The van der Waals surface area contributed by atoms with Gasteiger partial charge in [-0.15, -0.1) is 0 Å². The Labute approximate surface area is 199 Å². The van der Waals surface area contributed by atoms with Crippen molar-refractivity contribution in [2.75, 3.05) is 6.54 Å². The molecular formula is C28H43NO4. The Bertz CT molecular complexity index is 877. The minimum absolute atomic E-state index is 0.0157. The fourth-order valence-corrected chi connectivity index (χ4v) is 5.86. The molecule has 0 saturated heterocycles. The first-order chi connectivity index (χ1) is 15.3. The predicted molar refractivity (Wildman–Crippen MR) is 132 cm³/mol. The molecule has 33 heavy (non-hydrogen) atoms. The molecule has 2 N–H and O–H groups in total. The van der Waals surface area contributed by atoms with E-state index in [1.807, 2.05) is 26.8 Å². The lowest BCUT2D eigenvalue weighted by molar-refractivity contribution is -0.329. The minimum atomic E-state index is -1.66. The normalized spacial score (nSPS) is 35.0. The number of rotatable bonds is 5. The van der Waals surface area contributed by atoms with Crippen LogP contribution in [0.4, 0.5) is 0 Å². The number of carbonyl (C=O) groups excluding carboxylic acids is 1. The Morgan fingerprint density at radius 1 is 1.36 bits per heavy atom. The van der Waals surface area contributed by atoms with E-state index in [0.29, 0.717) is 18.0 Å². The van der Waals surface area contributed by atoms with Crippen LogP contribution in [-0.2, 0) is 9.63 Å². The smallest absolute Gasteiger partial charge is 0.243 e. The molecule has 3 aliphatic carbocycles. The second-order valence-electron chi connectivity index (χ2n) is 11.7. The van der Waals surface area contributed by atoms with Crippen LogP contribution in [0.15, 0.2) is 47.1 Å². The molecule has 1 amide bonds. The lowest BCUT2D eigenvalue weighted by Gasteiger charge is -2.41. The molecule has 0 heterocycles. The Morgan fingerprint density at radius 2 is 2.06 bits per heavy atom. The van der Waals surface area contributed by atoms with Crippen LogP contribution in [0.5, 0.6) is 0 Å². The molecule has 0 aromatic rings. The van der Waals surface area contributed by atoms with Crippen molar-refractivity contribution in [3.05, 3.63) is 47.1 Å². The van der Waals surface area contributed by atoms with Gasteiger partial charge >= 0.3 is 0 Å². The molecule has 0 aromatic carbocycles. The number of nitrogens with zero attached hydrogens (tertiary/aromatic N) is 1. The molecule has 5 heteroatoms. The molecule has 0 radical (unpaired) electrons. The Hall–Kier alpha value is -1.69. The summed E-state index contributed by atoms with van der Waals surface area (Å²) < 4.78 is 0. The molecule has 4 atom stereocenters. The highest BCUT2D eigenvalue weighted by Crippen LogP contribution is 2.55. The Morgan fingerprint density at radius 3 is 2.67 bits per heavy atom. The highest BCUT2D eigenvalue weighted by Gasteiger charge is 2.44. The summed E-state index contributed by atoms with van der Waals surface area (Å²) >= 11 is 0. The summed E-state index contributed by atoms with van der Waals surface area (Å²) in [5.41, 5.74) is 4.46. The topological polar surface area (TPSA) is 70.0 Å². The molecule has 5 nitrogen and oxygen atoms in total. The van der Waals surface area contributed by atoms with Crippen molar-refractivity contribution in [3.8, 4) is 0 Å². The molecule has 3 rings (SSSR count). The lowest BCUT2D eigenvalue weighted by Crippen LogP contribution is -2.49. The Kier molecular flexibility index (Phi) is 7.48. The van der Waals surface area contributed by atoms with Crippen LogP contribution in [0.2, 0.25) is 0 Å². The molecule has 0 aromatic heterocycles. The molecule has 0 bridgehead atoms. The second kappa shape index (κ2) is 9.52. The number of allylic oxidation sites excluding steroid dienone is 5. The van der Waals surface area contributed by atoms with Crippen molar-refractivity contribution in [2.24, 2.45) is 16.7 Å². The van der Waals surface area contributed by atoms with Gasteiger partial charge in [-0.1, -0.05) is 70.6 Å². The summed E-state index contributed by atoms with van der Waals surface area (Å²) in [7, 11) is 0. The van der Waals surface area contributed by atoms with E-state index in [1.165, 1.54) is 30.4 Å². The van der Waals surface area contributed by atoms with Gasteiger partial charge in [-0.25, -0.2) is 9.90 Å². The van der Waals surface area contributed by atoms with Gasteiger partial charge in [0.15, 0.2) is 5.79 Å². The third-order valence-electron chi connectivity index (χ3n) is 7.63. The number of fused-ring (bicyclic) bond motifs is 1. The van der Waals surface area contributed by atoms with Crippen molar-refractivity contribution in [1.29, 1.82) is 0 Å². The summed E-state index contributed by atoms with van der Waals surface area (Å²) in [6.07, 6.45) is 11.5. The molecule has 2 saturated carbocycles. The van der Waals surface area contributed by atoms with Crippen molar-refractivity contribution in [1.82, 2.24) is 5.06 Å². The first kappa shape index (κ1) is 25.9. The monoisotopic (exact) mass is 457 g/mol. The molecule has 2 unspecified atom stereocenters. The van der Waals surface area contributed by atoms with E-state index in [9.17, 15) is 15.0 Å². The number of aliphatic hydroxyl groups excluding tert-OH is 1. The minimum Gasteiger partial charge on any atom is -0.388 e. The zero-order valence-corrected chi connectivity index (χ0v) is 21.4. The third kappa shape index (κ3) is 5.70. The highest BCUT2D eigenvalue weighted by molar-refractivity contribution is 5.72. The Balaban J connectivity index is 1.82. The number of hydrogen-bond donors (Lipinski definition) is 2. The zero-order valence-electron chi connectivity index (χ0n) is 21.4. The number of carbonyl (C=O) groups is 1. The number of aliphatic hydroxyl groups is 2. The van der Waals surface area contributed by atoms with E-state index < -0.39 is 11.9 Å². The van der Waals surface area contributed by atoms with E-state index in [1.54, 1.807) is 5.57 Å². The number of amides is 1. The first-order valence-electron chi connectivity index (χ1n) is 12.4. The van der Waals surface area contributed by atoms with Crippen LogP contribution in [0.3, 0.4) is 0 Å². The summed E-state index contributed by atoms with van der Waals surface area (Å²) in [5, 5.41) is 23.1. The molecule has 3 aliphatic rings. The van der Waals surface area contributed by atoms with E-state index in [-0.39, 0.29) is 29.6 Å². The summed E-state index contributed by atoms with van der Waals surface area (Å²) in [6.45, 7) is 16.5. The summed E-state index contributed by atoms with van der Waals surface area (Å²) in [5.74, 6) is -1.41. The molecule has 0 spiro atoms. The fourth-order valence-electron chi connectivity index (χ4n) is 5.86. The lowest BCUT2D eigenvalue weighted by atomic mass is 9.64. The third-order valence-corrected chi connectivity index (χ3v) is 7.63. The van der Waals surface area contributed by atoms with Gasteiger partial charge in [0, 0.05) is 19.8 Å². The van der Waals surface area contributed by atoms with Crippen LogP contribution in [0.1, 0.15) is 86.5 Å². The van der Waals surface area contributed by atoms with Gasteiger partial charge in [-0.05, 0) is 60.0 Å². The first-order valence-corrected chi connectivity index (χ1v) is 12.4. The van der Waals surface area contributed by atoms with E-state index in [2.05, 4.69) is 32.6 Å². The largest absolute Gasteiger partial charge is 0.388 e. The standard InChI is InChI=1S/C28H43NO4/c1-8-23-13-14-24-21(10-9-15-27(23,24)7)11-12-22-16-28(32,17-25(31)19(22)2)33-29(20(3)30)18-26(4,5)6/h11-13,24-25,31-32H,2,8-10,14-18H2,1,3-7H3/t24?,25-,27+,28?/m0/s1. The second-order valence-corrected chi connectivity index (χ2v) is 11.7. The maximum atomic E-state index is 12.2. The molecular weight excluding hydrogens is 414 g/mol. The average Bonchev–Trinajstić information content (AvgIpc) is 3.04. The van der Waals surface area contributed by atoms with Gasteiger partial charge in [-0.3, -0.25) is 4.79 Å². The maximum absolute atomic E-state index is 12.2. The van der Waals surface area contributed by atoms with E-state index >= 15 is 0 Å². The summed E-state index contributed by atoms with van der Waals surface area (Å²) in [6, 6.07) is 0. The van der Waals surface area contributed by atoms with Crippen LogP contribution in [-0.4, -0.2) is 39.6 Å². The van der Waals surface area contributed by atoms with E-state index in [0.717, 1.165) is 24.8 Å². The summed E-state index contributed by atoms with van der Waals surface area (Å²) in [4.78, 5) is 18.0. The van der Waals surface area contributed by atoms with Crippen LogP contribution in [0.25, 0.3) is 0 Å². The van der Waals surface area contributed by atoms with Crippen molar-refractivity contribution in [3.63, 3.8) is 0 Å². The maximum Gasteiger partial charge on any atom is 0.243 e. The quantitative estimate of drug-likeness (QED) is 0.320. The fraction of sp³-hybridized carbons (Fsp3) is 0.679. The van der Waals surface area contributed by atoms with Crippen LogP contribution in [0, 0.1) is 16.7 Å². The van der Waals surface area contributed by atoms with Crippen molar-refractivity contribution < 1.29 is 19.8 Å². The van der Waals surface area contributed by atoms with Gasteiger partial charge in [-0.2, -0.15) is 0 Å². The van der Waals surface area contributed by atoms with Gasteiger partial charge < -0.3 is 10.2 Å². The van der Waals surface area contributed by atoms with Crippen LogP contribution >= 0.6 is 0 Å². The van der Waals surface area contributed by atoms with Gasteiger partial charge in [0.25, 0.3) is 0 Å². The molecule has 184 valence electrons. The zero-order chi connectivity index (χ0) is 24.6. The van der Waals surface area contributed by atoms with Gasteiger partial charge in [0.1, 0.15) is 0 Å². The average molecular weight is 458 g/mol. The molecule has 0 aliphatic heterocycles. The van der Waals surface area contributed by atoms with E-state index in [4.69, 9.17) is 4.84 Å². The SMILES string of the molecule is C=C1C(=CC=C2CCC[C@]3(C)C(CC)=CCC23)CC(O)(ON(CC(C)(C)C)C(C)=O)C[C@@H]1O. The predicted octanol–water partition coefficient (Wildman–Crippen LogP) is 5.61. The van der Waals surface area contributed by atoms with Crippen LogP contribution < -0.4 is 0 Å². The van der Waals surface area contributed by atoms with Gasteiger partial charge in [0.05, 0.1) is 12.6 Å².